The van der Waals surface area contributed by atoms with E-state index in [-0.39, 0.29) is 28.3 Å². The number of rotatable bonds is 5. The summed E-state index contributed by atoms with van der Waals surface area (Å²) in [4.78, 5) is 14.8. The highest BCUT2D eigenvalue weighted by Crippen LogP contribution is 2.72. The van der Waals surface area contributed by atoms with Crippen molar-refractivity contribution in [3.8, 4) is 0 Å². The van der Waals surface area contributed by atoms with E-state index in [0.717, 1.165) is 25.1 Å². The summed E-state index contributed by atoms with van der Waals surface area (Å²) in [5.41, 5.74) is 4.39. The Morgan fingerprint density at radius 1 is 1.11 bits per heavy atom. The smallest absolute Gasteiger partial charge is 0.227 e. The van der Waals surface area contributed by atoms with Crippen LogP contribution in [0.1, 0.15) is 106 Å². The van der Waals surface area contributed by atoms with Gasteiger partial charge in [0.05, 0.1) is 12.3 Å². The average Bonchev–Trinajstić information content (AvgIpc) is 3.39. The van der Waals surface area contributed by atoms with Crippen molar-refractivity contribution in [3.05, 3.63) is 23.4 Å². The number of nitrogens with zero attached hydrogens (tertiary/aromatic N) is 3. The number of amides is 1. The topological polar surface area (TPSA) is 58.4 Å². The fraction of sp³-hybridized carbons (Fsp3) is 0.812. The lowest BCUT2D eigenvalue weighted by Gasteiger charge is -2.62. The predicted octanol–water partition coefficient (Wildman–Crippen LogP) is 6.91. The lowest BCUT2D eigenvalue weighted by atomic mass is 9.43. The zero-order chi connectivity index (χ0) is 27.0. The van der Waals surface area contributed by atoms with Gasteiger partial charge in [-0.05, 0) is 97.2 Å². The van der Waals surface area contributed by atoms with Crippen molar-refractivity contribution in [2.75, 3.05) is 11.9 Å². The molecular formula is C32H51N3O2. The first-order valence-electron chi connectivity index (χ1n) is 14.9. The molecule has 0 saturated heterocycles. The summed E-state index contributed by atoms with van der Waals surface area (Å²) in [6.45, 7) is 14.8. The normalized spacial score (nSPS) is 39.5. The van der Waals surface area contributed by atoms with Crippen LogP contribution in [0.4, 0.5) is 5.82 Å². The summed E-state index contributed by atoms with van der Waals surface area (Å²) in [5, 5.41) is 15.1. The van der Waals surface area contributed by atoms with E-state index in [1.807, 2.05) is 20.2 Å². The van der Waals surface area contributed by atoms with Gasteiger partial charge < -0.3 is 10.0 Å². The van der Waals surface area contributed by atoms with Gasteiger partial charge in [-0.25, -0.2) is 0 Å². The van der Waals surface area contributed by atoms with Gasteiger partial charge in [-0.1, -0.05) is 52.7 Å². The van der Waals surface area contributed by atoms with Crippen molar-refractivity contribution in [3.63, 3.8) is 0 Å². The minimum absolute atomic E-state index is 0.00488. The second kappa shape index (κ2) is 8.96. The van der Waals surface area contributed by atoms with Crippen molar-refractivity contribution in [1.29, 1.82) is 0 Å². The fourth-order valence-corrected chi connectivity index (χ4v) is 10.2. The van der Waals surface area contributed by atoms with Crippen LogP contribution in [-0.2, 0) is 11.8 Å². The Kier molecular flexibility index (Phi) is 6.53. The number of fused-ring (bicyclic) bond motifs is 4. The van der Waals surface area contributed by atoms with Crippen LogP contribution in [0.15, 0.2) is 23.4 Å². The van der Waals surface area contributed by atoms with E-state index < -0.39 is 0 Å². The highest BCUT2D eigenvalue weighted by atomic mass is 16.3. The van der Waals surface area contributed by atoms with E-state index in [1.54, 1.807) is 26.9 Å². The first-order chi connectivity index (χ1) is 17.3. The quantitative estimate of drug-likeness (QED) is 0.439. The summed E-state index contributed by atoms with van der Waals surface area (Å²) in [7, 11) is 3.76. The number of aryl methyl sites for hydroxylation is 1. The number of carbonyl (C=O) groups is 1. The number of aromatic nitrogens is 2. The second-order valence-electron chi connectivity index (χ2n) is 14.5. The molecule has 1 aromatic rings. The molecule has 206 valence electrons. The van der Waals surface area contributed by atoms with Gasteiger partial charge in [-0.15, -0.1) is 0 Å². The van der Waals surface area contributed by atoms with Gasteiger partial charge in [0.15, 0.2) is 0 Å². The molecule has 5 rings (SSSR count). The molecule has 0 spiro atoms. The molecule has 5 heteroatoms. The lowest BCUT2D eigenvalue weighted by Crippen LogP contribution is -2.55. The third kappa shape index (κ3) is 3.80. The molecule has 4 aliphatic carbocycles. The Bertz CT molecular complexity index is 1090. The van der Waals surface area contributed by atoms with E-state index in [4.69, 9.17) is 0 Å². The molecule has 0 unspecified atom stereocenters. The minimum Gasteiger partial charge on any atom is -0.393 e. The van der Waals surface area contributed by atoms with Crippen molar-refractivity contribution >= 4 is 11.7 Å². The summed E-state index contributed by atoms with van der Waals surface area (Å²) < 4.78 is 1.77. The highest BCUT2D eigenvalue weighted by molar-refractivity contribution is 5.91. The number of allylic oxidation sites excluding steroid dienone is 2. The SMILES string of the molecule is C[C@H](CCC(=O)N(C)c1ccnn1C)[C@H]1CC[C@@]2(C)C3=C(CC[C@]12C)[C@@]1(C)CC[C@H](O)C(C)(C)[C@@H]1CC3. The molecule has 4 aliphatic rings. The molecule has 1 amide bonds. The van der Waals surface area contributed by atoms with Crippen LogP contribution < -0.4 is 4.90 Å². The Labute approximate surface area is 225 Å². The summed E-state index contributed by atoms with van der Waals surface area (Å²) in [5.74, 6) is 2.81. The maximum absolute atomic E-state index is 13.0. The van der Waals surface area contributed by atoms with Crippen LogP contribution in [0.2, 0.25) is 0 Å². The molecular weight excluding hydrogens is 458 g/mol. The Hall–Kier alpha value is -1.62. The van der Waals surface area contributed by atoms with Crippen LogP contribution in [-0.4, -0.2) is 33.9 Å². The predicted molar refractivity (Wildman–Crippen MR) is 150 cm³/mol. The van der Waals surface area contributed by atoms with Crippen molar-refractivity contribution in [2.24, 2.45) is 46.5 Å². The zero-order valence-electron chi connectivity index (χ0n) is 24.7. The van der Waals surface area contributed by atoms with Gasteiger partial charge in [-0.2, -0.15) is 5.10 Å². The van der Waals surface area contributed by atoms with Crippen LogP contribution in [0.25, 0.3) is 0 Å². The molecule has 5 nitrogen and oxygen atoms in total. The van der Waals surface area contributed by atoms with Gasteiger partial charge in [0, 0.05) is 26.6 Å². The molecule has 2 saturated carbocycles. The van der Waals surface area contributed by atoms with Crippen LogP contribution in [0.5, 0.6) is 0 Å². The zero-order valence-corrected chi connectivity index (χ0v) is 24.7. The first kappa shape index (κ1) is 27.0. The summed E-state index contributed by atoms with van der Waals surface area (Å²) in [6, 6.07) is 1.90. The third-order valence-corrected chi connectivity index (χ3v) is 12.8. The minimum atomic E-state index is -0.173. The Morgan fingerprint density at radius 2 is 1.84 bits per heavy atom. The van der Waals surface area contributed by atoms with Crippen LogP contribution in [0.3, 0.4) is 0 Å². The van der Waals surface area contributed by atoms with Crippen molar-refractivity contribution < 1.29 is 9.90 Å². The van der Waals surface area contributed by atoms with Gasteiger partial charge in [0.1, 0.15) is 5.82 Å². The van der Waals surface area contributed by atoms with Gasteiger partial charge in [0.2, 0.25) is 5.91 Å². The Morgan fingerprint density at radius 3 is 2.51 bits per heavy atom. The van der Waals surface area contributed by atoms with Gasteiger partial charge in [-0.3, -0.25) is 9.48 Å². The van der Waals surface area contributed by atoms with E-state index in [9.17, 15) is 9.90 Å². The molecule has 0 aromatic carbocycles. The van der Waals surface area contributed by atoms with Crippen LogP contribution in [0, 0.1) is 39.4 Å². The molecule has 0 radical (unpaired) electrons. The van der Waals surface area contributed by atoms with E-state index in [0.29, 0.717) is 29.6 Å². The molecule has 1 aromatic heterocycles. The monoisotopic (exact) mass is 509 g/mol. The van der Waals surface area contributed by atoms with E-state index >= 15 is 0 Å². The maximum Gasteiger partial charge on any atom is 0.227 e. The largest absolute Gasteiger partial charge is 0.393 e. The first-order valence-corrected chi connectivity index (χ1v) is 14.9. The third-order valence-electron chi connectivity index (χ3n) is 12.8. The average molecular weight is 510 g/mol. The second-order valence-corrected chi connectivity index (χ2v) is 14.5. The van der Waals surface area contributed by atoms with Crippen molar-refractivity contribution in [1.82, 2.24) is 9.78 Å². The highest BCUT2D eigenvalue weighted by Gasteiger charge is 2.63. The lowest BCUT2D eigenvalue weighted by molar-refractivity contribution is -0.118. The molecule has 7 atom stereocenters. The number of hydrogen-bond donors (Lipinski definition) is 1. The number of aliphatic hydroxyl groups excluding tert-OH is 1. The molecule has 1 N–H and O–H groups in total. The Balaban J connectivity index is 1.34. The maximum atomic E-state index is 13.0. The van der Waals surface area contributed by atoms with Crippen molar-refractivity contribution in [2.45, 2.75) is 112 Å². The van der Waals surface area contributed by atoms with E-state index in [2.05, 4.69) is 46.6 Å². The fourth-order valence-electron chi connectivity index (χ4n) is 10.2. The number of carbonyl (C=O) groups excluding carboxylic acids is 1. The van der Waals surface area contributed by atoms with Crippen LogP contribution >= 0.6 is 0 Å². The molecule has 0 bridgehead atoms. The number of anilines is 1. The molecule has 0 aliphatic heterocycles. The molecule has 2 fully saturated rings. The van der Waals surface area contributed by atoms with Gasteiger partial charge in [0.25, 0.3) is 0 Å². The standard InChI is InChI=1S/C32H51N3O2/c1-21(9-12-28(37)34(7)27-16-20-33-35(27)8)22-13-18-32(6)24-10-11-25-29(2,3)26(36)15-17-30(25,4)23(24)14-19-31(22,32)5/h16,20-22,25-26,36H,9-15,17-19H2,1-8H3/t21-,22-,25+,26+,30-,31-,32+/m1/s1. The summed E-state index contributed by atoms with van der Waals surface area (Å²) in [6.07, 6.45) is 12.7. The molecule has 1 heterocycles. The van der Waals surface area contributed by atoms with Gasteiger partial charge >= 0.3 is 0 Å². The van der Waals surface area contributed by atoms with E-state index in [1.165, 1.54) is 38.5 Å². The summed E-state index contributed by atoms with van der Waals surface area (Å²) >= 11 is 0. The number of hydrogen-bond acceptors (Lipinski definition) is 3. The molecule has 37 heavy (non-hydrogen) atoms. The number of aliphatic hydroxyl groups is 1.